The van der Waals surface area contributed by atoms with Gasteiger partial charge < -0.3 is 10.2 Å². The molecular formula is C26H38O2S2. The molecule has 0 aliphatic carbocycles. The molecule has 0 spiro atoms. The smallest absolute Gasteiger partial charge is 0.132 e. The van der Waals surface area contributed by atoms with E-state index in [9.17, 15) is 10.2 Å². The second kappa shape index (κ2) is 10.9. The maximum Gasteiger partial charge on any atom is 0.132 e. The summed E-state index contributed by atoms with van der Waals surface area (Å²) in [4.78, 5) is 1.93. The van der Waals surface area contributed by atoms with Gasteiger partial charge in [-0.2, -0.15) is 0 Å². The van der Waals surface area contributed by atoms with Gasteiger partial charge in [-0.15, -0.1) is 23.5 Å². The Morgan fingerprint density at radius 1 is 0.567 bits per heavy atom. The maximum absolute atomic E-state index is 10.8. The zero-order valence-electron chi connectivity index (χ0n) is 19.7. The summed E-state index contributed by atoms with van der Waals surface area (Å²) in [6.07, 6.45) is 0. The molecule has 0 amide bonds. The molecule has 0 aromatic heterocycles. The van der Waals surface area contributed by atoms with Gasteiger partial charge in [-0.1, -0.05) is 67.5 Å². The Morgan fingerprint density at radius 2 is 0.900 bits per heavy atom. The standard InChI is InChI=1S/C26H38O2S2/c1-15(2)19-11-21(17(5)6)25(27)23(13-19)29-9-10-30-24-14-20(16(3)4)12-22(18(7)8)26(24)28/h11-18,27-28H,9-10H2,1-8H3. The van der Waals surface area contributed by atoms with Gasteiger partial charge in [0, 0.05) is 21.3 Å². The Morgan fingerprint density at radius 3 is 1.17 bits per heavy atom. The molecule has 0 saturated heterocycles. The highest BCUT2D eigenvalue weighted by molar-refractivity contribution is 8.03. The van der Waals surface area contributed by atoms with Crippen molar-refractivity contribution < 1.29 is 10.2 Å². The van der Waals surface area contributed by atoms with Crippen molar-refractivity contribution in [2.45, 2.75) is 88.9 Å². The SMILES string of the molecule is CC(C)c1cc(SCCSc2cc(C(C)C)cc(C(C)C)c2O)c(O)c(C(C)C)c1. The number of hydrogen-bond acceptors (Lipinski definition) is 4. The van der Waals surface area contributed by atoms with Gasteiger partial charge in [0.25, 0.3) is 0 Å². The molecule has 0 atom stereocenters. The van der Waals surface area contributed by atoms with Gasteiger partial charge in [0.1, 0.15) is 11.5 Å². The van der Waals surface area contributed by atoms with Crippen LogP contribution in [0.2, 0.25) is 0 Å². The summed E-state index contributed by atoms with van der Waals surface area (Å²) < 4.78 is 0. The Bertz CT molecular complexity index is 783. The molecule has 0 radical (unpaired) electrons. The zero-order chi connectivity index (χ0) is 22.6. The predicted molar refractivity (Wildman–Crippen MR) is 134 cm³/mol. The molecule has 30 heavy (non-hydrogen) atoms. The largest absolute Gasteiger partial charge is 0.506 e. The molecular weight excluding hydrogens is 408 g/mol. The zero-order valence-corrected chi connectivity index (χ0v) is 21.4. The van der Waals surface area contributed by atoms with E-state index in [4.69, 9.17) is 0 Å². The van der Waals surface area contributed by atoms with Crippen LogP contribution in [-0.4, -0.2) is 21.7 Å². The van der Waals surface area contributed by atoms with E-state index in [1.807, 2.05) is 0 Å². The Balaban J connectivity index is 2.15. The van der Waals surface area contributed by atoms with Gasteiger partial charge in [0.15, 0.2) is 0 Å². The van der Waals surface area contributed by atoms with Crippen molar-refractivity contribution in [3.05, 3.63) is 46.5 Å². The van der Waals surface area contributed by atoms with Gasteiger partial charge in [-0.05, 0) is 58.1 Å². The molecule has 2 aromatic carbocycles. The van der Waals surface area contributed by atoms with E-state index in [-0.39, 0.29) is 0 Å². The molecule has 2 aromatic rings. The van der Waals surface area contributed by atoms with Crippen LogP contribution in [0.1, 0.15) is 101 Å². The first kappa shape index (κ1) is 25.0. The van der Waals surface area contributed by atoms with Gasteiger partial charge in [0.2, 0.25) is 0 Å². The van der Waals surface area contributed by atoms with Crippen LogP contribution in [0.5, 0.6) is 11.5 Å². The van der Waals surface area contributed by atoms with Crippen LogP contribution in [-0.2, 0) is 0 Å². The van der Waals surface area contributed by atoms with Gasteiger partial charge >= 0.3 is 0 Å². The summed E-state index contributed by atoms with van der Waals surface area (Å²) >= 11 is 3.41. The molecule has 4 heteroatoms. The number of benzene rings is 2. The maximum atomic E-state index is 10.8. The number of rotatable bonds is 9. The fourth-order valence-electron chi connectivity index (χ4n) is 3.37. The van der Waals surface area contributed by atoms with E-state index in [1.54, 1.807) is 23.5 Å². The van der Waals surface area contributed by atoms with Crippen LogP contribution in [0.25, 0.3) is 0 Å². The van der Waals surface area contributed by atoms with Crippen molar-refractivity contribution in [2.24, 2.45) is 0 Å². The normalized spacial score (nSPS) is 12.0. The Labute approximate surface area is 191 Å². The number of phenols is 2. The molecule has 0 fully saturated rings. The average Bonchev–Trinajstić information content (AvgIpc) is 2.66. The molecule has 0 aliphatic rings. The molecule has 0 saturated carbocycles. The first-order valence-electron chi connectivity index (χ1n) is 11.0. The van der Waals surface area contributed by atoms with E-state index in [0.717, 1.165) is 32.4 Å². The molecule has 0 aliphatic heterocycles. The first-order valence-corrected chi connectivity index (χ1v) is 13.0. The van der Waals surface area contributed by atoms with Gasteiger partial charge in [0.05, 0.1) is 0 Å². The summed E-state index contributed by atoms with van der Waals surface area (Å²) in [6.45, 7) is 17.3. The van der Waals surface area contributed by atoms with Crippen LogP contribution < -0.4 is 0 Å². The van der Waals surface area contributed by atoms with Crippen LogP contribution in [0.3, 0.4) is 0 Å². The lowest BCUT2D eigenvalue weighted by Crippen LogP contribution is -1.97. The highest BCUT2D eigenvalue weighted by Gasteiger charge is 2.17. The minimum Gasteiger partial charge on any atom is -0.506 e. The highest BCUT2D eigenvalue weighted by Crippen LogP contribution is 2.41. The second-order valence-electron chi connectivity index (χ2n) is 9.23. The fourth-order valence-corrected chi connectivity index (χ4v) is 5.43. The average molecular weight is 447 g/mol. The minimum absolute atomic E-state index is 0.294. The van der Waals surface area contributed by atoms with Crippen molar-refractivity contribution in [2.75, 3.05) is 11.5 Å². The van der Waals surface area contributed by atoms with E-state index >= 15 is 0 Å². The molecule has 2 nitrogen and oxygen atoms in total. The van der Waals surface area contributed by atoms with E-state index in [2.05, 4.69) is 79.7 Å². The van der Waals surface area contributed by atoms with E-state index < -0.39 is 0 Å². The summed E-state index contributed by atoms with van der Waals surface area (Å²) in [5.74, 6) is 4.06. The quantitative estimate of drug-likeness (QED) is 0.299. The summed E-state index contributed by atoms with van der Waals surface area (Å²) in [6, 6.07) is 8.56. The van der Waals surface area contributed by atoms with Crippen molar-refractivity contribution >= 4 is 23.5 Å². The monoisotopic (exact) mass is 446 g/mol. The highest BCUT2D eigenvalue weighted by atomic mass is 32.2. The van der Waals surface area contributed by atoms with Gasteiger partial charge in [-0.3, -0.25) is 0 Å². The Hall–Kier alpha value is -1.26. The first-order chi connectivity index (χ1) is 14.0. The molecule has 0 bridgehead atoms. The third kappa shape index (κ3) is 6.13. The Kier molecular flexibility index (Phi) is 9.05. The second-order valence-corrected chi connectivity index (χ2v) is 11.5. The van der Waals surface area contributed by atoms with E-state index in [1.165, 1.54) is 11.1 Å². The minimum atomic E-state index is 0.294. The molecule has 2 rings (SSSR count). The molecule has 2 N–H and O–H groups in total. The molecule has 0 heterocycles. The summed E-state index contributed by atoms with van der Waals surface area (Å²) in [7, 11) is 0. The van der Waals surface area contributed by atoms with Crippen LogP contribution >= 0.6 is 23.5 Å². The van der Waals surface area contributed by atoms with Crippen molar-refractivity contribution in [3.63, 3.8) is 0 Å². The summed E-state index contributed by atoms with van der Waals surface area (Å²) in [5, 5.41) is 21.5. The van der Waals surface area contributed by atoms with Gasteiger partial charge in [-0.25, -0.2) is 0 Å². The third-order valence-electron chi connectivity index (χ3n) is 5.43. The van der Waals surface area contributed by atoms with Crippen LogP contribution in [0.4, 0.5) is 0 Å². The fraction of sp³-hybridized carbons (Fsp3) is 0.538. The lowest BCUT2D eigenvalue weighted by atomic mass is 9.95. The van der Waals surface area contributed by atoms with Crippen LogP contribution in [0, 0.1) is 0 Å². The molecule has 166 valence electrons. The number of aromatic hydroxyl groups is 2. The van der Waals surface area contributed by atoms with Crippen molar-refractivity contribution in [1.29, 1.82) is 0 Å². The number of thioether (sulfide) groups is 2. The topological polar surface area (TPSA) is 40.5 Å². The predicted octanol–water partition coefficient (Wildman–Crippen LogP) is 8.48. The third-order valence-corrected chi connectivity index (χ3v) is 7.75. The lowest BCUT2D eigenvalue weighted by Gasteiger charge is -2.18. The van der Waals surface area contributed by atoms with Crippen molar-refractivity contribution in [3.8, 4) is 11.5 Å². The van der Waals surface area contributed by atoms with Crippen molar-refractivity contribution in [1.82, 2.24) is 0 Å². The van der Waals surface area contributed by atoms with Crippen LogP contribution in [0.15, 0.2) is 34.1 Å². The number of phenolic OH excluding ortho intramolecular Hbond substituents is 2. The lowest BCUT2D eigenvalue weighted by molar-refractivity contribution is 0.450. The number of hydrogen-bond donors (Lipinski definition) is 2. The van der Waals surface area contributed by atoms with E-state index in [0.29, 0.717) is 35.2 Å². The summed E-state index contributed by atoms with van der Waals surface area (Å²) in [5.41, 5.74) is 4.60. The molecule has 0 unspecified atom stereocenters.